The van der Waals surface area contributed by atoms with Crippen LogP contribution in [-0.4, -0.2) is 17.1 Å². The number of nitrogens with one attached hydrogen (secondary N) is 1. The van der Waals surface area contributed by atoms with Gasteiger partial charge in [-0.3, -0.25) is 4.79 Å². The fraction of sp³-hybridized carbons (Fsp3) is 0.0909. The number of nitrogens with zero attached hydrogens (tertiary/aromatic N) is 1. The molecule has 138 valence electrons. The fourth-order valence-electron chi connectivity index (χ4n) is 3.48. The first-order valence-electron chi connectivity index (χ1n) is 8.84. The normalized spacial score (nSPS) is 12.9. The van der Waals surface area contributed by atoms with Crippen LogP contribution < -0.4 is 10.1 Å². The number of anilines is 1. The minimum Gasteiger partial charge on any atom is -0.457 e. The lowest BCUT2D eigenvalue weighted by Crippen LogP contribution is -2.25. The number of amides is 1. The molecular weight excluding hydrogens is 388 g/mol. The number of rotatable bonds is 3. The molecule has 0 radical (unpaired) electrons. The van der Waals surface area contributed by atoms with Gasteiger partial charge in [-0.2, -0.15) is 0 Å². The Hall–Kier alpha value is -2.83. The molecule has 1 aromatic heterocycles. The van der Waals surface area contributed by atoms with E-state index in [1.807, 2.05) is 73.0 Å². The quantitative estimate of drug-likeness (QED) is 0.432. The molecule has 0 aliphatic carbocycles. The summed E-state index contributed by atoms with van der Waals surface area (Å²) in [5.41, 5.74) is 3.48. The third-order valence-electron chi connectivity index (χ3n) is 4.75. The minimum atomic E-state index is -0.417. The molecule has 1 amide bonds. The Bertz CT molecular complexity index is 1160. The Morgan fingerprint density at radius 1 is 1.04 bits per heavy atom. The van der Waals surface area contributed by atoms with Gasteiger partial charge in [0.2, 0.25) is 5.91 Å². The summed E-state index contributed by atoms with van der Waals surface area (Å²) in [6, 6.07) is 21.3. The maximum absolute atomic E-state index is 13.3. The van der Waals surface area contributed by atoms with Crippen molar-refractivity contribution >= 4 is 44.9 Å². The van der Waals surface area contributed by atoms with Crippen molar-refractivity contribution < 1.29 is 9.53 Å². The number of para-hydroxylation sites is 2. The molecule has 0 unspecified atom stereocenters. The maximum atomic E-state index is 13.3. The van der Waals surface area contributed by atoms with Gasteiger partial charge in [-0.1, -0.05) is 48.2 Å². The largest absolute Gasteiger partial charge is 0.457 e. The van der Waals surface area contributed by atoms with E-state index in [4.69, 9.17) is 4.74 Å². The number of carbonyl (C=O) groups is 1. The zero-order valence-corrected chi connectivity index (χ0v) is 16.6. The molecule has 1 aliphatic rings. The Labute approximate surface area is 170 Å². The second-order valence-electron chi connectivity index (χ2n) is 6.47. The molecule has 0 bridgehead atoms. The van der Waals surface area contributed by atoms with Crippen molar-refractivity contribution in [1.29, 1.82) is 0 Å². The molecular formula is C22H16N2O2S2. The molecule has 4 nitrogen and oxygen atoms in total. The van der Waals surface area contributed by atoms with Crippen LogP contribution in [-0.2, 0) is 4.79 Å². The summed E-state index contributed by atoms with van der Waals surface area (Å²) in [4.78, 5) is 17.9. The van der Waals surface area contributed by atoms with Crippen LogP contribution in [0.25, 0.3) is 10.2 Å². The first kappa shape index (κ1) is 17.3. The van der Waals surface area contributed by atoms with Gasteiger partial charge in [0.25, 0.3) is 0 Å². The van der Waals surface area contributed by atoms with E-state index in [1.54, 1.807) is 23.1 Å². The van der Waals surface area contributed by atoms with Crippen LogP contribution in [0.2, 0.25) is 0 Å². The van der Waals surface area contributed by atoms with Crippen molar-refractivity contribution in [3.8, 4) is 11.5 Å². The predicted molar refractivity (Wildman–Crippen MR) is 115 cm³/mol. The zero-order valence-electron chi connectivity index (χ0n) is 15.0. The van der Waals surface area contributed by atoms with Gasteiger partial charge in [0.1, 0.15) is 11.5 Å². The summed E-state index contributed by atoms with van der Waals surface area (Å²) in [6.07, 6.45) is 2.01. The number of hydrogen-bond donors (Lipinski definition) is 1. The van der Waals surface area contributed by atoms with Crippen LogP contribution in [0, 0.1) is 0 Å². The van der Waals surface area contributed by atoms with Gasteiger partial charge in [0.05, 0.1) is 16.1 Å². The Morgan fingerprint density at radius 3 is 2.39 bits per heavy atom. The first-order valence-corrected chi connectivity index (χ1v) is 10.9. The van der Waals surface area contributed by atoms with E-state index in [0.29, 0.717) is 0 Å². The average molecular weight is 405 g/mol. The first-order chi connectivity index (χ1) is 13.7. The van der Waals surface area contributed by atoms with Crippen LogP contribution in [0.5, 0.6) is 11.5 Å². The summed E-state index contributed by atoms with van der Waals surface area (Å²) < 4.78 is 8.08. The molecule has 28 heavy (non-hydrogen) atoms. The van der Waals surface area contributed by atoms with Crippen molar-refractivity contribution in [2.24, 2.45) is 0 Å². The summed E-state index contributed by atoms with van der Waals surface area (Å²) in [5.74, 6) is 0.963. The number of carbonyl (C=O) groups excluding carboxylic acids is 1. The molecule has 1 aliphatic heterocycles. The zero-order chi connectivity index (χ0) is 19.1. The van der Waals surface area contributed by atoms with Crippen LogP contribution in [0.15, 0.2) is 71.1 Å². The lowest BCUT2D eigenvalue weighted by atomic mass is 9.87. The van der Waals surface area contributed by atoms with Gasteiger partial charge in [-0.15, -0.1) is 11.3 Å². The molecule has 0 spiro atoms. The number of fused-ring (bicyclic) bond motifs is 3. The highest BCUT2D eigenvalue weighted by atomic mass is 32.2. The summed E-state index contributed by atoms with van der Waals surface area (Å²) >= 11 is 3.26. The smallest absolute Gasteiger partial charge is 0.236 e. The highest BCUT2D eigenvalue weighted by molar-refractivity contribution is 8.00. The molecule has 0 atom stereocenters. The lowest BCUT2D eigenvalue weighted by molar-refractivity contribution is -0.116. The molecule has 0 saturated carbocycles. The van der Waals surface area contributed by atoms with Crippen molar-refractivity contribution in [3.63, 3.8) is 0 Å². The minimum absolute atomic E-state index is 0.0721. The van der Waals surface area contributed by atoms with Crippen LogP contribution in [0.3, 0.4) is 0 Å². The SMILES string of the molecule is CSc1nc2ccc(NC(=O)C3c4ccccc4Oc4ccccc43)cc2s1. The van der Waals surface area contributed by atoms with Gasteiger partial charge in [0, 0.05) is 16.8 Å². The molecule has 0 saturated heterocycles. The summed E-state index contributed by atoms with van der Waals surface area (Å²) in [6.45, 7) is 0. The summed E-state index contributed by atoms with van der Waals surface area (Å²) in [7, 11) is 0. The number of thioether (sulfide) groups is 1. The van der Waals surface area contributed by atoms with Gasteiger partial charge in [0.15, 0.2) is 4.34 Å². The average Bonchev–Trinajstić information content (AvgIpc) is 3.14. The highest BCUT2D eigenvalue weighted by Gasteiger charge is 2.32. The molecule has 5 rings (SSSR count). The van der Waals surface area contributed by atoms with Gasteiger partial charge < -0.3 is 10.1 Å². The monoisotopic (exact) mass is 404 g/mol. The number of aromatic nitrogens is 1. The van der Waals surface area contributed by atoms with Crippen molar-refractivity contribution in [3.05, 3.63) is 77.9 Å². The number of benzene rings is 3. The second-order valence-corrected chi connectivity index (χ2v) is 8.55. The molecule has 2 heterocycles. The van der Waals surface area contributed by atoms with Crippen LogP contribution in [0.1, 0.15) is 17.0 Å². The van der Waals surface area contributed by atoms with E-state index in [0.717, 1.165) is 42.9 Å². The van der Waals surface area contributed by atoms with E-state index in [2.05, 4.69) is 10.3 Å². The number of ether oxygens (including phenoxy) is 1. The van der Waals surface area contributed by atoms with E-state index in [1.165, 1.54) is 0 Å². The van der Waals surface area contributed by atoms with E-state index < -0.39 is 5.92 Å². The van der Waals surface area contributed by atoms with Crippen molar-refractivity contribution in [1.82, 2.24) is 4.98 Å². The number of thiazole rings is 1. The Morgan fingerprint density at radius 2 is 1.71 bits per heavy atom. The van der Waals surface area contributed by atoms with Crippen molar-refractivity contribution in [2.75, 3.05) is 11.6 Å². The van der Waals surface area contributed by atoms with E-state index in [9.17, 15) is 4.79 Å². The van der Waals surface area contributed by atoms with Crippen molar-refractivity contribution in [2.45, 2.75) is 10.3 Å². The van der Waals surface area contributed by atoms with Gasteiger partial charge in [-0.25, -0.2) is 4.98 Å². The van der Waals surface area contributed by atoms with Crippen LogP contribution >= 0.6 is 23.1 Å². The second kappa shape index (κ2) is 6.96. The Balaban J connectivity index is 1.52. The highest BCUT2D eigenvalue weighted by Crippen LogP contribution is 2.44. The number of hydrogen-bond acceptors (Lipinski definition) is 5. The summed E-state index contributed by atoms with van der Waals surface area (Å²) in [5, 5.41) is 3.09. The standard InChI is InChI=1S/C22H16N2O2S2/c1-27-22-24-16-11-10-13(12-19(16)28-22)23-21(25)20-14-6-2-4-8-17(14)26-18-9-5-3-7-15(18)20/h2-12,20H,1H3,(H,23,25). The topological polar surface area (TPSA) is 51.2 Å². The molecule has 1 N–H and O–H groups in total. The van der Waals surface area contributed by atoms with Gasteiger partial charge >= 0.3 is 0 Å². The molecule has 6 heteroatoms. The molecule has 0 fully saturated rings. The molecule has 3 aromatic carbocycles. The third kappa shape index (κ3) is 2.95. The lowest BCUT2D eigenvalue weighted by Gasteiger charge is -2.27. The molecule has 4 aromatic rings. The van der Waals surface area contributed by atoms with Gasteiger partial charge in [-0.05, 0) is 36.6 Å². The third-order valence-corrected chi connectivity index (χ3v) is 6.76. The van der Waals surface area contributed by atoms with E-state index >= 15 is 0 Å². The van der Waals surface area contributed by atoms with Crippen LogP contribution in [0.4, 0.5) is 5.69 Å². The Kier molecular flexibility index (Phi) is 4.30. The predicted octanol–water partition coefficient (Wildman–Crippen LogP) is 5.89. The maximum Gasteiger partial charge on any atom is 0.236 e. The van der Waals surface area contributed by atoms with E-state index in [-0.39, 0.29) is 5.91 Å². The fourth-order valence-corrected chi connectivity index (χ4v) is 5.00.